The Morgan fingerprint density at radius 2 is 1.88 bits per heavy atom. The molecule has 0 N–H and O–H groups in total. The molecule has 0 saturated heterocycles. The van der Waals surface area contributed by atoms with E-state index in [0.29, 0.717) is 0 Å². The predicted molar refractivity (Wildman–Crippen MR) is 60.6 cm³/mol. The van der Waals surface area contributed by atoms with Gasteiger partial charge in [0, 0.05) is 7.05 Å². The van der Waals surface area contributed by atoms with Crippen molar-refractivity contribution in [1.82, 2.24) is 5.06 Å². The van der Waals surface area contributed by atoms with Crippen LogP contribution in [-0.2, 0) is 25.8 Å². The summed E-state index contributed by atoms with van der Waals surface area (Å²) in [4.78, 5) is 27.3. The molecule has 0 radical (unpaired) electrons. The van der Waals surface area contributed by atoms with Gasteiger partial charge in [-0.2, -0.15) is 0 Å². The third-order valence-electron chi connectivity index (χ3n) is 2.16. The second-order valence-electron chi connectivity index (χ2n) is 3.40. The first-order valence-corrected chi connectivity index (χ1v) is 5.13. The lowest BCUT2D eigenvalue weighted by atomic mass is 10.2. The van der Waals surface area contributed by atoms with Crippen LogP contribution in [0.3, 0.4) is 0 Å². The zero-order valence-electron chi connectivity index (χ0n) is 9.88. The zero-order chi connectivity index (χ0) is 12.7. The summed E-state index contributed by atoms with van der Waals surface area (Å²) in [6, 6.07) is 9.27. The number of hydroxylamine groups is 2. The molecule has 0 aliphatic carbocycles. The number of carbonyl (C=O) groups is 2. The highest BCUT2D eigenvalue weighted by atomic mass is 16.7. The van der Waals surface area contributed by atoms with Crippen molar-refractivity contribution in [2.75, 3.05) is 14.2 Å². The minimum absolute atomic E-state index is 0.170. The highest BCUT2D eigenvalue weighted by molar-refractivity contribution is 5.93. The van der Waals surface area contributed by atoms with Crippen molar-refractivity contribution in [3.63, 3.8) is 0 Å². The quantitative estimate of drug-likeness (QED) is 0.438. The normalized spacial score (nSPS) is 9.76. The van der Waals surface area contributed by atoms with E-state index in [1.807, 2.05) is 30.3 Å². The summed E-state index contributed by atoms with van der Waals surface area (Å²) >= 11 is 0. The molecule has 0 heterocycles. The number of benzene rings is 1. The molecular weight excluding hydrogens is 222 g/mol. The third kappa shape index (κ3) is 4.65. The molecule has 17 heavy (non-hydrogen) atoms. The van der Waals surface area contributed by atoms with Crippen molar-refractivity contribution in [2.45, 2.75) is 13.0 Å². The van der Waals surface area contributed by atoms with Gasteiger partial charge in [0.2, 0.25) is 0 Å². The van der Waals surface area contributed by atoms with Crippen molar-refractivity contribution in [3.05, 3.63) is 35.9 Å². The van der Waals surface area contributed by atoms with Crippen molar-refractivity contribution in [3.8, 4) is 0 Å². The second kappa shape index (κ2) is 6.65. The minimum Gasteiger partial charge on any atom is -0.460 e. The minimum atomic E-state index is -0.567. The lowest BCUT2D eigenvalue weighted by Crippen LogP contribution is -2.28. The summed E-state index contributed by atoms with van der Waals surface area (Å²) in [7, 11) is 2.79. The average molecular weight is 237 g/mol. The van der Waals surface area contributed by atoms with Crippen LogP contribution in [0.5, 0.6) is 0 Å². The lowest BCUT2D eigenvalue weighted by Gasteiger charge is -2.12. The average Bonchev–Trinajstić information content (AvgIpc) is 2.36. The molecule has 5 heteroatoms. The molecule has 0 aliphatic heterocycles. The first-order valence-electron chi connectivity index (χ1n) is 5.13. The van der Waals surface area contributed by atoms with Gasteiger partial charge in [-0.3, -0.25) is 14.4 Å². The number of amides is 1. The van der Waals surface area contributed by atoms with Crippen LogP contribution in [0.1, 0.15) is 12.0 Å². The highest BCUT2D eigenvalue weighted by Gasteiger charge is 2.14. The molecule has 1 aromatic carbocycles. The van der Waals surface area contributed by atoms with Gasteiger partial charge < -0.3 is 4.74 Å². The number of nitrogens with zero attached hydrogens (tertiary/aromatic N) is 1. The van der Waals surface area contributed by atoms with Crippen molar-refractivity contribution >= 4 is 11.9 Å². The van der Waals surface area contributed by atoms with E-state index in [4.69, 9.17) is 4.74 Å². The molecule has 1 aromatic rings. The van der Waals surface area contributed by atoms with Gasteiger partial charge in [0.1, 0.15) is 13.0 Å². The monoisotopic (exact) mass is 237 g/mol. The summed E-state index contributed by atoms with van der Waals surface area (Å²) in [5, 5.41) is 0.990. The third-order valence-corrected chi connectivity index (χ3v) is 2.16. The molecule has 92 valence electrons. The molecule has 0 saturated carbocycles. The molecule has 0 fully saturated rings. The molecule has 0 aromatic heterocycles. The fourth-order valence-corrected chi connectivity index (χ4v) is 1.13. The Labute approximate surface area is 99.9 Å². The Morgan fingerprint density at radius 3 is 2.47 bits per heavy atom. The standard InChI is InChI=1S/C12H15NO4/c1-13(16-2)11(14)8-12(15)17-9-10-6-4-3-5-7-10/h3-7H,8-9H2,1-2H3. The van der Waals surface area contributed by atoms with Gasteiger partial charge in [0.15, 0.2) is 0 Å². The molecule has 1 rings (SSSR count). The molecule has 0 unspecified atom stereocenters. The van der Waals surface area contributed by atoms with Gasteiger partial charge in [0.05, 0.1) is 7.11 Å². The van der Waals surface area contributed by atoms with Gasteiger partial charge in [-0.15, -0.1) is 0 Å². The van der Waals surface area contributed by atoms with E-state index in [1.54, 1.807) is 0 Å². The lowest BCUT2D eigenvalue weighted by molar-refractivity contribution is -0.172. The van der Waals surface area contributed by atoms with Crippen molar-refractivity contribution in [2.24, 2.45) is 0 Å². The van der Waals surface area contributed by atoms with Gasteiger partial charge in [-0.25, -0.2) is 5.06 Å². The Morgan fingerprint density at radius 1 is 1.24 bits per heavy atom. The number of esters is 1. The molecule has 0 spiro atoms. The van der Waals surface area contributed by atoms with Crippen LogP contribution in [0.2, 0.25) is 0 Å². The Bertz CT molecular complexity index is 377. The molecule has 5 nitrogen and oxygen atoms in total. The summed E-state index contributed by atoms with van der Waals surface area (Å²) in [6.45, 7) is 0.170. The fraction of sp³-hybridized carbons (Fsp3) is 0.333. The van der Waals surface area contributed by atoms with Gasteiger partial charge in [-0.05, 0) is 5.56 Å². The van der Waals surface area contributed by atoms with Crippen LogP contribution in [0.15, 0.2) is 30.3 Å². The van der Waals surface area contributed by atoms with E-state index < -0.39 is 11.9 Å². The van der Waals surface area contributed by atoms with Gasteiger partial charge >= 0.3 is 5.97 Å². The van der Waals surface area contributed by atoms with Crippen LogP contribution >= 0.6 is 0 Å². The van der Waals surface area contributed by atoms with Crippen molar-refractivity contribution in [1.29, 1.82) is 0 Å². The number of rotatable bonds is 5. The summed E-state index contributed by atoms with van der Waals surface area (Å²) < 4.78 is 4.95. The maximum Gasteiger partial charge on any atom is 0.315 e. The molecule has 0 atom stereocenters. The van der Waals surface area contributed by atoms with E-state index in [9.17, 15) is 9.59 Å². The number of ether oxygens (including phenoxy) is 1. The maximum absolute atomic E-state index is 11.3. The molecule has 0 bridgehead atoms. The highest BCUT2D eigenvalue weighted by Crippen LogP contribution is 2.02. The van der Waals surface area contributed by atoms with Crippen LogP contribution < -0.4 is 0 Å². The summed E-state index contributed by atoms with van der Waals surface area (Å²) in [5.41, 5.74) is 0.883. The largest absolute Gasteiger partial charge is 0.460 e. The van der Waals surface area contributed by atoms with E-state index in [-0.39, 0.29) is 13.0 Å². The van der Waals surface area contributed by atoms with Crippen LogP contribution in [-0.4, -0.2) is 31.1 Å². The van der Waals surface area contributed by atoms with Crippen LogP contribution in [0, 0.1) is 0 Å². The van der Waals surface area contributed by atoms with Crippen LogP contribution in [0.25, 0.3) is 0 Å². The van der Waals surface area contributed by atoms with E-state index in [1.165, 1.54) is 14.2 Å². The maximum atomic E-state index is 11.3. The van der Waals surface area contributed by atoms with Crippen molar-refractivity contribution < 1.29 is 19.2 Å². The Kier molecular flexibility index (Phi) is 5.16. The zero-order valence-corrected chi connectivity index (χ0v) is 9.88. The Hall–Kier alpha value is -1.88. The van der Waals surface area contributed by atoms with Crippen LogP contribution in [0.4, 0.5) is 0 Å². The smallest absolute Gasteiger partial charge is 0.315 e. The van der Waals surface area contributed by atoms with E-state index in [2.05, 4.69) is 4.84 Å². The first kappa shape index (κ1) is 13.2. The van der Waals surface area contributed by atoms with E-state index >= 15 is 0 Å². The molecular formula is C12H15NO4. The Balaban J connectivity index is 2.33. The van der Waals surface area contributed by atoms with E-state index in [0.717, 1.165) is 10.6 Å². The summed E-state index contributed by atoms with van der Waals surface area (Å²) in [6.07, 6.45) is -0.322. The number of hydrogen-bond donors (Lipinski definition) is 0. The second-order valence-corrected chi connectivity index (χ2v) is 3.40. The van der Waals surface area contributed by atoms with Gasteiger partial charge in [0.25, 0.3) is 5.91 Å². The van der Waals surface area contributed by atoms with Gasteiger partial charge in [-0.1, -0.05) is 30.3 Å². The SMILES string of the molecule is CON(C)C(=O)CC(=O)OCc1ccccc1. The fourth-order valence-electron chi connectivity index (χ4n) is 1.13. The molecule has 1 amide bonds. The molecule has 0 aliphatic rings. The topological polar surface area (TPSA) is 55.8 Å². The predicted octanol–water partition coefficient (Wildman–Crippen LogP) is 1.14. The number of carbonyl (C=O) groups excluding carboxylic acids is 2. The summed E-state index contributed by atoms with van der Waals surface area (Å²) in [5.74, 6) is -1.01. The first-order chi connectivity index (χ1) is 8.13. The number of hydrogen-bond acceptors (Lipinski definition) is 4.